The van der Waals surface area contributed by atoms with E-state index in [1.807, 2.05) is 44.2 Å². The van der Waals surface area contributed by atoms with Gasteiger partial charge in [-0.25, -0.2) is 15.0 Å². The summed E-state index contributed by atoms with van der Waals surface area (Å²) in [4.78, 5) is 14.3. The molecule has 0 spiro atoms. The Balaban J connectivity index is 1.82. The fraction of sp³-hybridized carbons (Fsp3) is 0.278. The van der Waals surface area contributed by atoms with Crippen molar-refractivity contribution in [3.8, 4) is 16.3 Å². The molecule has 6 heteroatoms. The highest BCUT2D eigenvalue weighted by molar-refractivity contribution is 7.15. The first kappa shape index (κ1) is 16.4. The average molecular weight is 340 g/mol. The molecule has 1 atom stereocenters. The van der Waals surface area contributed by atoms with Gasteiger partial charge in [0.25, 0.3) is 0 Å². The zero-order valence-electron chi connectivity index (χ0n) is 14.2. The van der Waals surface area contributed by atoms with Crippen LogP contribution in [0.4, 0.5) is 5.82 Å². The van der Waals surface area contributed by atoms with E-state index in [0.29, 0.717) is 0 Å². The Kier molecular flexibility index (Phi) is 4.76. The fourth-order valence-corrected chi connectivity index (χ4v) is 3.56. The lowest BCUT2D eigenvalue weighted by atomic mass is 10.2. The zero-order valence-corrected chi connectivity index (χ0v) is 15.0. The SMILES string of the molecule is COc1ccc(-c2nc(C)c(C(C)Nc3cc(C)ncn3)s2)cc1. The van der Waals surface area contributed by atoms with Gasteiger partial charge in [0.15, 0.2) is 0 Å². The number of hydrogen-bond acceptors (Lipinski definition) is 6. The number of ether oxygens (including phenoxy) is 1. The number of hydrogen-bond donors (Lipinski definition) is 1. The van der Waals surface area contributed by atoms with Crippen molar-refractivity contribution in [2.45, 2.75) is 26.8 Å². The van der Waals surface area contributed by atoms with Crippen LogP contribution in [0.15, 0.2) is 36.7 Å². The van der Waals surface area contributed by atoms with Gasteiger partial charge in [0.2, 0.25) is 0 Å². The molecule has 0 fully saturated rings. The topological polar surface area (TPSA) is 59.9 Å². The van der Waals surface area contributed by atoms with Crippen LogP contribution in [0.25, 0.3) is 10.6 Å². The molecular weight excluding hydrogens is 320 g/mol. The molecule has 3 rings (SSSR count). The molecule has 0 aliphatic carbocycles. The van der Waals surface area contributed by atoms with E-state index in [2.05, 4.69) is 22.2 Å². The Morgan fingerprint density at radius 2 is 1.88 bits per heavy atom. The first-order chi connectivity index (χ1) is 11.6. The number of methoxy groups -OCH3 is 1. The van der Waals surface area contributed by atoms with Crippen LogP contribution in [-0.4, -0.2) is 22.1 Å². The van der Waals surface area contributed by atoms with Gasteiger partial charge in [-0.1, -0.05) is 0 Å². The van der Waals surface area contributed by atoms with Crippen molar-refractivity contribution in [3.05, 3.63) is 52.9 Å². The number of aromatic nitrogens is 3. The van der Waals surface area contributed by atoms with Crippen LogP contribution in [-0.2, 0) is 0 Å². The monoisotopic (exact) mass is 340 g/mol. The molecule has 3 aromatic rings. The minimum absolute atomic E-state index is 0.129. The van der Waals surface area contributed by atoms with Crippen molar-refractivity contribution in [2.24, 2.45) is 0 Å². The second-order valence-electron chi connectivity index (χ2n) is 5.61. The second-order valence-corrected chi connectivity index (χ2v) is 6.64. The first-order valence-electron chi connectivity index (χ1n) is 7.73. The van der Waals surface area contributed by atoms with E-state index in [1.54, 1.807) is 24.8 Å². The molecule has 0 aliphatic rings. The van der Waals surface area contributed by atoms with E-state index in [4.69, 9.17) is 9.72 Å². The largest absolute Gasteiger partial charge is 0.497 e. The normalized spacial score (nSPS) is 12.0. The van der Waals surface area contributed by atoms with Gasteiger partial charge < -0.3 is 10.1 Å². The van der Waals surface area contributed by atoms with Gasteiger partial charge >= 0.3 is 0 Å². The number of benzene rings is 1. The van der Waals surface area contributed by atoms with Gasteiger partial charge in [-0.2, -0.15) is 0 Å². The summed E-state index contributed by atoms with van der Waals surface area (Å²) >= 11 is 1.70. The van der Waals surface area contributed by atoms with E-state index in [1.165, 1.54) is 4.88 Å². The average Bonchev–Trinajstić information content (AvgIpc) is 2.97. The van der Waals surface area contributed by atoms with Gasteiger partial charge in [-0.15, -0.1) is 11.3 Å². The lowest BCUT2D eigenvalue weighted by molar-refractivity contribution is 0.415. The molecule has 2 aromatic heterocycles. The third kappa shape index (κ3) is 3.54. The van der Waals surface area contributed by atoms with Gasteiger partial charge in [0, 0.05) is 22.2 Å². The molecule has 1 aromatic carbocycles. The van der Waals surface area contributed by atoms with Crippen molar-refractivity contribution in [3.63, 3.8) is 0 Å². The third-order valence-electron chi connectivity index (χ3n) is 3.73. The van der Waals surface area contributed by atoms with Crippen LogP contribution in [0.1, 0.15) is 29.2 Å². The Bertz CT molecular complexity index is 829. The van der Waals surface area contributed by atoms with Gasteiger partial charge in [-0.3, -0.25) is 0 Å². The third-order valence-corrected chi connectivity index (χ3v) is 5.12. The maximum Gasteiger partial charge on any atom is 0.130 e. The smallest absolute Gasteiger partial charge is 0.130 e. The molecule has 0 saturated carbocycles. The fourth-order valence-electron chi connectivity index (χ4n) is 2.49. The summed E-state index contributed by atoms with van der Waals surface area (Å²) in [5.41, 5.74) is 3.08. The van der Waals surface area contributed by atoms with Crippen molar-refractivity contribution in [2.75, 3.05) is 12.4 Å². The highest BCUT2D eigenvalue weighted by Crippen LogP contribution is 2.33. The van der Waals surface area contributed by atoms with Gasteiger partial charge in [0.05, 0.1) is 18.8 Å². The predicted octanol–water partition coefficient (Wildman–Crippen LogP) is 4.40. The summed E-state index contributed by atoms with van der Waals surface area (Å²) < 4.78 is 5.21. The molecule has 1 N–H and O–H groups in total. The summed E-state index contributed by atoms with van der Waals surface area (Å²) in [5, 5.41) is 4.43. The van der Waals surface area contributed by atoms with Crippen LogP contribution < -0.4 is 10.1 Å². The van der Waals surface area contributed by atoms with E-state index in [-0.39, 0.29) is 6.04 Å². The van der Waals surface area contributed by atoms with Crippen LogP contribution in [0, 0.1) is 13.8 Å². The zero-order chi connectivity index (χ0) is 17.1. The highest BCUT2D eigenvalue weighted by atomic mass is 32.1. The summed E-state index contributed by atoms with van der Waals surface area (Å²) in [6.07, 6.45) is 1.58. The Labute approximate surface area is 145 Å². The molecule has 1 unspecified atom stereocenters. The molecule has 24 heavy (non-hydrogen) atoms. The molecule has 0 saturated heterocycles. The number of nitrogens with one attached hydrogen (secondary N) is 1. The van der Waals surface area contributed by atoms with E-state index < -0.39 is 0 Å². The van der Waals surface area contributed by atoms with Crippen molar-refractivity contribution >= 4 is 17.2 Å². The molecule has 5 nitrogen and oxygen atoms in total. The minimum atomic E-state index is 0.129. The number of anilines is 1. The molecular formula is C18H20N4OS. The molecule has 0 amide bonds. The molecule has 0 bridgehead atoms. The Morgan fingerprint density at radius 3 is 2.54 bits per heavy atom. The number of rotatable bonds is 5. The van der Waals surface area contributed by atoms with Crippen LogP contribution in [0.2, 0.25) is 0 Å². The molecule has 124 valence electrons. The Morgan fingerprint density at radius 1 is 1.12 bits per heavy atom. The lowest BCUT2D eigenvalue weighted by Gasteiger charge is -2.13. The summed E-state index contributed by atoms with van der Waals surface area (Å²) in [7, 11) is 1.67. The predicted molar refractivity (Wildman–Crippen MR) is 97.6 cm³/mol. The number of nitrogens with zero attached hydrogens (tertiary/aromatic N) is 3. The quantitative estimate of drug-likeness (QED) is 0.746. The van der Waals surface area contributed by atoms with Crippen molar-refractivity contribution in [1.82, 2.24) is 15.0 Å². The van der Waals surface area contributed by atoms with Crippen molar-refractivity contribution < 1.29 is 4.74 Å². The highest BCUT2D eigenvalue weighted by Gasteiger charge is 2.16. The second kappa shape index (κ2) is 6.97. The summed E-state index contributed by atoms with van der Waals surface area (Å²) in [5.74, 6) is 1.68. The minimum Gasteiger partial charge on any atom is -0.497 e. The van der Waals surface area contributed by atoms with Crippen molar-refractivity contribution in [1.29, 1.82) is 0 Å². The molecule has 0 aliphatic heterocycles. The maximum atomic E-state index is 5.21. The van der Waals surface area contributed by atoms with Gasteiger partial charge in [-0.05, 0) is 45.0 Å². The maximum absolute atomic E-state index is 5.21. The van der Waals surface area contributed by atoms with E-state index >= 15 is 0 Å². The van der Waals surface area contributed by atoms with E-state index in [9.17, 15) is 0 Å². The summed E-state index contributed by atoms with van der Waals surface area (Å²) in [6, 6.07) is 10.1. The molecule has 0 radical (unpaired) electrons. The first-order valence-corrected chi connectivity index (χ1v) is 8.55. The Hall–Kier alpha value is -2.47. The molecule has 2 heterocycles. The number of aryl methyl sites for hydroxylation is 2. The lowest BCUT2D eigenvalue weighted by Crippen LogP contribution is -2.08. The number of thiazole rings is 1. The van der Waals surface area contributed by atoms with Gasteiger partial charge in [0.1, 0.15) is 22.9 Å². The van der Waals surface area contributed by atoms with Crippen LogP contribution >= 0.6 is 11.3 Å². The van der Waals surface area contributed by atoms with Crippen LogP contribution in [0.5, 0.6) is 5.75 Å². The van der Waals surface area contributed by atoms with E-state index in [0.717, 1.165) is 33.5 Å². The summed E-state index contributed by atoms with van der Waals surface area (Å²) in [6.45, 7) is 6.12. The standard InChI is InChI=1S/C18H20N4OS/c1-11-9-16(20-10-19-11)21-12(2)17-13(3)22-18(24-17)14-5-7-15(23-4)8-6-14/h5-10,12H,1-4H3,(H,19,20,21). The van der Waals surface area contributed by atoms with Crippen LogP contribution in [0.3, 0.4) is 0 Å².